The summed E-state index contributed by atoms with van der Waals surface area (Å²) in [5.41, 5.74) is 0. The molecule has 0 saturated heterocycles. The van der Waals surface area contributed by atoms with Gasteiger partial charge in [-0.15, -0.1) is 11.3 Å². The van der Waals surface area contributed by atoms with Gasteiger partial charge in [-0.2, -0.15) is 4.98 Å². The molecule has 0 N–H and O–H groups in total. The zero-order valence-corrected chi connectivity index (χ0v) is 13.1. The number of halogens is 1. The SMILES string of the molecule is CCCC[S@@](=O)Cc1nc(-c2ccc(Br)s2)no1. The lowest BCUT2D eigenvalue weighted by atomic mass is 10.4. The predicted octanol–water partition coefficient (Wildman–Crippen LogP) is 3.61. The second-order valence-electron chi connectivity index (χ2n) is 3.76. The molecule has 0 amide bonds. The minimum Gasteiger partial charge on any atom is -0.338 e. The lowest BCUT2D eigenvalue weighted by Crippen LogP contribution is -2.00. The maximum absolute atomic E-state index is 11.7. The molecule has 0 aliphatic heterocycles. The first-order chi connectivity index (χ1) is 8.69. The molecule has 2 aromatic heterocycles. The average molecular weight is 349 g/mol. The molecular formula is C11H13BrN2O2S2. The molecule has 0 radical (unpaired) electrons. The van der Waals surface area contributed by atoms with Crippen molar-refractivity contribution >= 4 is 38.1 Å². The number of rotatable bonds is 6. The van der Waals surface area contributed by atoms with Gasteiger partial charge in [-0.3, -0.25) is 4.21 Å². The van der Waals surface area contributed by atoms with E-state index in [-0.39, 0.29) is 0 Å². The monoisotopic (exact) mass is 348 g/mol. The molecule has 0 fully saturated rings. The normalized spacial score (nSPS) is 12.8. The van der Waals surface area contributed by atoms with Crippen molar-refractivity contribution in [1.82, 2.24) is 10.1 Å². The Morgan fingerprint density at radius 2 is 2.33 bits per heavy atom. The van der Waals surface area contributed by atoms with Gasteiger partial charge < -0.3 is 4.52 Å². The van der Waals surface area contributed by atoms with E-state index in [9.17, 15) is 4.21 Å². The fraction of sp³-hybridized carbons (Fsp3) is 0.455. The first-order valence-electron chi connectivity index (χ1n) is 5.62. The average Bonchev–Trinajstić information content (AvgIpc) is 2.95. The molecule has 4 nitrogen and oxygen atoms in total. The zero-order chi connectivity index (χ0) is 13.0. The Morgan fingerprint density at radius 1 is 1.50 bits per heavy atom. The summed E-state index contributed by atoms with van der Waals surface area (Å²) in [5, 5.41) is 3.90. The Balaban J connectivity index is 2.00. The third kappa shape index (κ3) is 3.73. The summed E-state index contributed by atoms with van der Waals surface area (Å²) in [7, 11) is -0.911. The number of hydrogen-bond acceptors (Lipinski definition) is 5. The smallest absolute Gasteiger partial charge is 0.239 e. The summed E-state index contributed by atoms with van der Waals surface area (Å²) in [6.07, 6.45) is 2.01. The largest absolute Gasteiger partial charge is 0.338 e. The van der Waals surface area contributed by atoms with Gasteiger partial charge in [0.25, 0.3) is 0 Å². The van der Waals surface area contributed by atoms with Gasteiger partial charge in [0, 0.05) is 16.6 Å². The van der Waals surface area contributed by atoms with E-state index in [4.69, 9.17) is 4.52 Å². The van der Waals surface area contributed by atoms with Crippen LogP contribution in [0.3, 0.4) is 0 Å². The number of nitrogens with zero attached hydrogens (tertiary/aromatic N) is 2. The highest BCUT2D eigenvalue weighted by Gasteiger charge is 2.12. The minimum atomic E-state index is -0.911. The first-order valence-corrected chi connectivity index (χ1v) is 8.72. The van der Waals surface area contributed by atoms with E-state index in [1.54, 1.807) is 11.3 Å². The molecule has 0 bridgehead atoms. The van der Waals surface area contributed by atoms with Crippen LogP contribution in [0.25, 0.3) is 10.7 Å². The van der Waals surface area contributed by atoms with Crippen LogP contribution in [0.5, 0.6) is 0 Å². The fourth-order valence-corrected chi connectivity index (χ4v) is 3.82. The van der Waals surface area contributed by atoms with Crippen molar-refractivity contribution in [2.45, 2.75) is 25.5 Å². The molecule has 0 aromatic carbocycles. The summed E-state index contributed by atoms with van der Waals surface area (Å²) in [4.78, 5) is 5.20. The molecule has 7 heteroatoms. The zero-order valence-electron chi connectivity index (χ0n) is 9.89. The Kier molecular flexibility index (Phi) is 5.08. The predicted molar refractivity (Wildman–Crippen MR) is 76.9 cm³/mol. The van der Waals surface area contributed by atoms with Crippen molar-refractivity contribution in [3.8, 4) is 10.7 Å². The van der Waals surface area contributed by atoms with Gasteiger partial charge in [0.2, 0.25) is 11.7 Å². The molecule has 2 heterocycles. The van der Waals surface area contributed by atoms with E-state index in [1.807, 2.05) is 12.1 Å². The maximum Gasteiger partial charge on any atom is 0.239 e. The van der Waals surface area contributed by atoms with Gasteiger partial charge >= 0.3 is 0 Å². The van der Waals surface area contributed by atoms with Gasteiger partial charge in [0.05, 0.1) is 8.66 Å². The van der Waals surface area contributed by atoms with Crippen LogP contribution in [-0.2, 0) is 16.6 Å². The molecule has 18 heavy (non-hydrogen) atoms. The molecular weight excluding hydrogens is 336 g/mol. The third-order valence-corrected chi connectivity index (χ3v) is 5.20. The number of hydrogen-bond donors (Lipinski definition) is 0. The number of unbranched alkanes of at least 4 members (excludes halogenated alkanes) is 1. The van der Waals surface area contributed by atoms with Gasteiger partial charge in [0.1, 0.15) is 5.75 Å². The van der Waals surface area contributed by atoms with Crippen LogP contribution < -0.4 is 0 Å². The van der Waals surface area contributed by atoms with Gasteiger partial charge in [0.15, 0.2) is 0 Å². The number of thiophene rings is 1. The lowest BCUT2D eigenvalue weighted by molar-refractivity contribution is 0.391. The van der Waals surface area contributed by atoms with Crippen LogP contribution >= 0.6 is 27.3 Å². The van der Waals surface area contributed by atoms with Crippen molar-refractivity contribution < 1.29 is 8.73 Å². The minimum absolute atomic E-state index is 0.347. The van der Waals surface area contributed by atoms with E-state index in [1.165, 1.54) is 0 Å². The summed E-state index contributed by atoms with van der Waals surface area (Å²) in [6, 6.07) is 3.87. The molecule has 0 unspecified atom stereocenters. The van der Waals surface area contributed by atoms with Crippen molar-refractivity contribution in [1.29, 1.82) is 0 Å². The van der Waals surface area contributed by atoms with Crippen LogP contribution in [-0.4, -0.2) is 20.1 Å². The Hall–Kier alpha value is -0.530. The molecule has 0 aliphatic rings. The van der Waals surface area contributed by atoms with Crippen LogP contribution in [0, 0.1) is 0 Å². The molecule has 1 atom stereocenters. The quantitative estimate of drug-likeness (QED) is 0.799. The second-order valence-corrected chi connectivity index (χ2v) is 7.80. The van der Waals surface area contributed by atoms with Crippen LogP contribution in [0.15, 0.2) is 20.4 Å². The summed E-state index contributed by atoms with van der Waals surface area (Å²) in [6.45, 7) is 2.08. The Bertz CT molecular complexity index is 539. The van der Waals surface area contributed by atoms with Crippen molar-refractivity contribution in [2.24, 2.45) is 0 Å². The third-order valence-electron chi connectivity index (χ3n) is 2.27. The van der Waals surface area contributed by atoms with Gasteiger partial charge in [-0.25, -0.2) is 0 Å². The van der Waals surface area contributed by atoms with Crippen molar-refractivity contribution in [3.63, 3.8) is 0 Å². The van der Waals surface area contributed by atoms with Crippen LogP contribution in [0.2, 0.25) is 0 Å². The summed E-state index contributed by atoms with van der Waals surface area (Å²) >= 11 is 4.93. The highest BCUT2D eigenvalue weighted by Crippen LogP contribution is 2.29. The first kappa shape index (κ1) is 13.9. The molecule has 2 rings (SSSR count). The standard InChI is InChI=1S/C11H13BrN2O2S2/c1-2-3-6-18(15)7-10-13-11(14-16-10)8-4-5-9(12)17-8/h4-5H,2-3,6-7H2,1H3/t18-/m1/s1. The van der Waals surface area contributed by atoms with E-state index < -0.39 is 10.8 Å². The lowest BCUT2D eigenvalue weighted by Gasteiger charge is -1.95. The highest BCUT2D eigenvalue weighted by atomic mass is 79.9. The second kappa shape index (κ2) is 6.58. The van der Waals surface area contributed by atoms with E-state index in [2.05, 4.69) is 33.0 Å². The molecule has 0 saturated carbocycles. The summed E-state index contributed by atoms with van der Waals surface area (Å²) < 4.78 is 17.8. The topological polar surface area (TPSA) is 56.0 Å². The van der Waals surface area contributed by atoms with E-state index >= 15 is 0 Å². The van der Waals surface area contributed by atoms with Gasteiger partial charge in [-0.1, -0.05) is 18.5 Å². The van der Waals surface area contributed by atoms with E-state index in [0.717, 1.165) is 21.5 Å². The van der Waals surface area contributed by atoms with E-state index in [0.29, 0.717) is 23.2 Å². The van der Waals surface area contributed by atoms with Crippen molar-refractivity contribution in [3.05, 3.63) is 21.8 Å². The van der Waals surface area contributed by atoms with Crippen LogP contribution in [0.4, 0.5) is 0 Å². The summed E-state index contributed by atoms with van der Waals surface area (Å²) in [5.74, 6) is 2.05. The number of aromatic nitrogens is 2. The highest BCUT2D eigenvalue weighted by molar-refractivity contribution is 9.11. The van der Waals surface area contributed by atoms with Crippen molar-refractivity contribution in [2.75, 3.05) is 5.75 Å². The molecule has 0 spiro atoms. The Morgan fingerprint density at radius 3 is 3.00 bits per heavy atom. The van der Waals surface area contributed by atoms with Gasteiger partial charge in [-0.05, 0) is 34.5 Å². The maximum atomic E-state index is 11.7. The van der Waals surface area contributed by atoms with Crippen LogP contribution in [0.1, 0.15) is 25.7 Å². The Labute approximate surface area is 120 Å². The molecule has 0 aliphatic carbocycles. The molecule has 2 aromatic rings. The molecule has 98 valence electrons. The fourth-order valence-electron chi connectivity index (χ4n) is 1.36.